The van der Waals surface area contributed by atoms with Gasteiger partial charge in [0, 0.05) is 8.04 Å². The van der Waals surface area contributed by atoms with E-state index in [-0.39, 0.29) is 0 Å². The first kappa shape index (κ1) is 13.4. The molecule has 17 heavy (non-hydrogen) atoms. The van der Waals surface area contributed by atoms with Gasteiger partial charge in [-0.2, -0.15) is 0 Å². The van der Waals surface area contributed by atoms with Crippen LogP contribution in [0.5, 0.6) is 5.75 Å². The van der Waals surface area contributed by atoms with Crippen molar-refractivity contribution in [1.29, 1.82) is 0 Å². The first-order valence-corrected chi connectivity index (χ1v) is 7.65. The lowest BCUT2D eigenvalue weighted by atomic mass is 10.2. The van der Waals surface area contributed by atoms with Crippen molar-refractivity contribution >= 4 is 54.5 Å². The fourth-order valence-corrected chi connectivity index (χ4v) is 2.96. The third-order valence-corrected chi connectivity index (χ3v) is 6.02. The normalized spacial score (nSPS) is 10.3. The lowest BCUT2D eigenvalue weighted by Crippen LogP contribution is -1.96. The summed E-state index contributed by atoms with van der Waals surface area (Å²) in [5.74, 6) is 0.848. The Hall–Kier alpha value is -0.0700. The summed E-state index contributed by atoms with van der Waals surface area (Å²) in [6.45, 7) is 0.576. The SMILES string of the molecule is Brc1c(I)ccc(OCc2ccccc2)c1Br. The predicted octanol–water partition coefficient (Wildman–Crippen LogP) is 5.40. The molecule has 0 N–H and O–H groups in total. The third-order valence-electron chi connectivity index (χ3n) is 2.24. The van der Waals surface area contributed by atoms with E-state index in [2.05, 4.69) is 66.6 Å². The lowest BCUT2D eigenvalue weighted by molar-refractivity contribution is 0.304. The Labute approximate surface area is 131 Å². The van der Waals surface area contributed by atoms with Crippen molar-refractivity contribution in [2.24, 2.45) is 0 Å². The number of halogens is 3. The van der Waals surface area contributed by atoms with Crippen LogP contribution in [0.25, 0.3) is 0 Å². The molecule has 0 aromatic heterocycles. The highest BCUT2D eigenvalue weighted by atomic mass is 127. The summed E-state index contributed by atoms with van der Waals surface area (Å²) < 4.78 is 8.92. The largest absolute Gasteiger partial charge is 0.488 e. The Morgan fingerprint density at radius 3 is 2.35 bits per heavy atom. The molecule has 0 unspecified atom stereocenters. The van der Waals surface area contributed by atoms with Gasteiger partial charge in [-0.05, 0) is 72.1 Å². The minimum Gasteiger partial charge on any atom is -0.488 e. The maximum absolute atomic E-state index is 5.78. The highest BCUT2D eigenvalue weighted by Gasteiger charge is 2.08. The first-order chi connectivity index (χ1) is 8.18. The van der Waals surface area contributed by atoms with Crippen molar-refractivity contribution in [2.75, 3.05) is 0 Å². The highest BCUT2D eigenvalue weighted by Crippen LogP contribution is 2.36. The van der Waals surface area contributed by atoms with Gasteiger partial charge in [-0.25, -0.2) is 0 Å². The zero-order chi connectivity index (χ0) is 12.3. The Bertz CT molecular complexity index is 514. The summed E-state index contributed by atoms with van der Waals surface area (Å²) >= 11 is 9.32. The smallest absolute Gasteiger partial charge is 0.135 e. The molecule has 1 nitrogen and oxygen atoms in total. The topological polar surface area (TPSA) is 9.23 Å². The summed E-state index contributed by atoms with van der Waals surface area (Å²) in [5.41, 5.74) is 1.16. The second-order valence-corrected chi connectivity index (χ2v) is 6.20. The van der Waals surface area contributed by atoms with Crippen LogP contribution in [0.2, 0.25) is 0 Å². The minimum absolute atomic E-state index is 0.576. The van der Waals surface area contributed by atoms with E-state index in [0.717, 1.165) is 23.8 Å². The second kappa shape index (κ2) is 6.20. The summed E-state index contributed by atoms with van der Waals surface area (Å²) in [6.07, 6.45) is 0. The molecule has 0 saturated carbocycles. The molecule has 0 aliphatic carbocycles. The fourth-order valence-electron chi connectivity index (χ4n) is 1.35. The molecule has 0 bridgehead atoms. The van der Waals surface area contributed by atoms with Crippen LogP contribution >= 0.6 is 54.5 Å². The van der Waals surface area contributed by atoms with E-state index in [4.69, 9.17) is 4.74 Å². The molecule has 0 aliphatic rings. The molecule has 0 aliphatic heterocycles. The lowest BCUT2D eigenvalue weighted by Gasteiger charge is -2.10. The van der Waals surface area contributed by atoms with Gasteiger partial charge in [-0.3, -0.25) is 0 Å². The highest BCUT2D eigenvalue weighted by molar-refractivity contribution is 14.1. The Balaban J connectivity index is 2.13. The monoisotopic (exact) mass is 466 g/mol. The van der Waals surface area contributed by atoms with Crippen LogP contribution in [-0.2, 0) is 6.61 Å². The second-order valence-electron chi connectivity index (χ2n) is 3.45. The first-order valence-electron chi connectivity index (χ1n) is 4.98. The van der Waals surface area contributed by atoms with E-state index >= 15 is 0 Å². The molecule has 0 fully saturated rings. The van der Waals surface area contributed by atoms with E-state index in [9.17, 15) is 0 Å². The molecular formula is C13H9Br2IO. The van der Waals surface area contributed by atoms with E-state index in [1.807, 2.05) is 30.3 Å². The van der Waals surface area contributed by atoms with E-state index < -0.39 is 0 Å². The van der Waals surface area contributed by atoms with Crippen LogP contribution in [0.4, 0.5) is 0 Å². The molecular weight excluding hydrogens is 459 g/mol. The summed E-state index contributed by atoms with van der Waals surface area (Å²) in [7, 11) is 0. The molecule has 2 aromatic carbocycles. The summed E-state index contributed by atoms with van der Waals surface area (Å²) in [5, 5.41) is 0. The zero-order valence-electron chi connectivity index (χ0n) is 8.79. The van der Waals surface area contributed by atoms with Crippen molar-refractivity contribution in [1.82, 2.24) is 0 Å². The molecule has 2 aromatic rings. The van der Waals surface area contributed by atoms with Crippen LogP contribution in [0.1, 0.15) is 5.56 Å². The van der Waals surface area contributed by atoms with Crippen molar-refractivity contribution in [3.63, 3.8) is 0 Å². The van der Waals surface area contributed by atoms with Crippen LogP contribution < -0.4 is 4.74 Å². The minimum atomic E-state index is 0.576. The molecule has 0 spiro atoms. The molecule has 0 heterocycles. The van der Waals surface area contributed by atoms with E-state index in [0.29, 0.717) is 6.61 Å². The molecule has 4 heteroatoms. The van der Waals surface area contributed by atoms with E-state index in [1.165, 1.54) is 0 Å². The van der Waals surface area contributed by atoms with Gasteiger partial charge in [0.15, 0.2) is 0 Å². The van der Waals surface area contributed by atoms with Crippen molar-refractivity contribution in [3.05, 3.63) is 60.5 Å². The van der Waals surface area contributed by atoms with Crippen LogP contribution in [0.3, 0.4) is 0 Å². The average Bonchev–Trinajstić information content (AvgIpc) is 2.36. The van der Waals surface area contributed by atoms with Gasteiger partial charge in [0.05, 0.1) is 4.47 Å². The van der Waals surface area contributed by atoms with Gasteiger partial charge < -0.3 is 4.74 Å². The van der Waals surface area contributed by atoms with Crippen molar-refractivity contribution in [2.45, 2.75) is 6.61 Å². The molecule has 0 amide bonds. The Morgan fingerprint density at radius 1 is 0.941 bits per heavy atom. The predicted molar refractivity (Wildman–Crippen MR) is 85.3 cm³/mol. The van der Waals surface area contributed by atoms with Gasteiger partial charge in [-0.1, -0.05) is 30.3 Å². The number of benzene rings is 2. The zero-order valence-corrected chi connectivity index (χ0v) is 14.1. The molecule has 0 saturated heterocycles. The Morgan fingerprint density at radius 2 is 1.65 bits per heavy atom. The molecule has 2 rings (SSSR count). The van der Waals surface area contributed by atoms with Crippen molar-refractivity contribution in [3.8, 4) is 5.75 Å². The maximum Gasteiger partial charge on any atom is 0.135 e. The summed E-state index contributed by atoms with van der Waals surface area (Å²) in [4.78, 5) is 0. The quantitative estimate of drug-likeness (QED) is 0.434. The van der Waals surface area contributed by atoms with Gasteiger partial charge in [0.2, 0.25) is 0 Å². The molecule has 0 radical (unpaired) electrons. The standard InChI is InChI=1S/C13H9Br2IO/c14-12-10(16)6-7-11(13(12)15)17-8-9-4-2-1-3-5-9/h1-7H,8H2. The summed E-state index contributed by atoms with van der Waals surface area (Å²) in [6, 6.07) is 14.1. The van der Waals surface area contributed by atoms with Crippen LogP contribution in [-0.4, -0.2) is 0 Å². The molecule has 0 atom stereocenters. The number of rotatable bonds is 3. The molecule has 88 valence electrons. The number of hydrogen-bond acceptors (Lipinski definition) is 1. The van der Waals surface area contributed by atoms with Gasteiger partial charge >= 0.3 is 0 Å². The number of hydrogen-bond donors (Lipinski definition) is 0. The third kappa shape index (κ3) is 3.45. The number of ether oxygens (including phenoxy) is 1. The maximum atomic E-state index is 5.78. The van der Waals surface area contributed by atoms with Gasteiger partial charge in [0.25, 0.3) is 0 Å². The Kier molecular flexibility index (Phi) is 4.87. The van der Waals surface area contributed by atoms with Crippen molar-refractivity contribution < 1.29 is 4.74 Å². The van der Waals surface area contributed by atoms with Crippen LogP contribution in [0.15, 0.2) is 51.4 Å². The van der Waals surface area contributed by atoms with E-state index in [1.54, 1.807) is 0 Å². The fraction of sp³-hybridized carbons (Fsp3) is 0.0769. The average molecular weight is 468 g/mol. The van der Waals surface area contributed by atoms with Gasteiger partial charge in [-0.15, -0.1) is 0 Å². The van der Waals surface area contributed by atoms with Crippen LogP contribution in [0, 0.1) is 3.57 Å². The van der Waals surface area contributed by atoms with Gasteiger partial charge in [0.1, 0.15) is 12.4 Å².